The molecule has 0 aliphatic carbocycles. The van der Waals surface area contributed by atoms with E-state index in [2.05, 4.69) is 20.4 Å². The number of carbonyl (C=O) groups is 1. The smallest absolute Gasteiger partial charge is 0.265 e. The van der Waals surface area contributed by atoms with Crippen LogP contribution in [-0.4, -0.2) is 35.3 Å². The van der Waals surface area contributed by atoms with Gasteiger partial charge in [0.1, 0.15) is 11.6 Å². The number of anilines is 2. The molecule has 2 heterocycles. The van der Waals surface area contributed by atoms with Gasteiger partial charge in [-0.05, 0) is 68.3 Å². The first-order chi connectivity index (χ1) is 14.6. The number of aromatic nitrogens is 2. The van der Waals surface area contributed by atoms with E-state index in [1.54, 1.807) is 6.92 Å². The molecule has 30 heavy (non-hydrogen) atoms. The monoisotopic (exact) mass is 406 g/mol. The molecule has 1 N–H and O–H groups in total. The van der Waals surface area contributed by atoms with Gasteiger partial charge in [0.2, 0.25) is 0 Å². The number of nitrogens with zero attached hydrogens (tertiary/aromatic N) is 3. The molecule has 1 fully saturated rings. The minimum Gasteiger partial charge on any atom is -0.481 e. The summed E-state index contributed by atoms with van der Waals surface area (Å²) in [6.45, 7) is 3.71. The molecule has 4 rings (SSSR count). The van der Waals surface area contributed by atoms with Gasteiger partial charge >= 0.3 is 0 Å². The maximum absolute atomic E-state index is 13.0. The van der Waals surface area contributed by atoms with Crippen LogP contribution in [0.2, 0.25) is 0 Å². The topological polar surface area (TPSA) is 67.3 Å². The number of hydrogen-bond acceptors (Lipinski definition) is 5. The number of benzene rings is 2. The fourth-order valence-corrected chi connectivity index (χ4v) is 3.33. The molecule has 0 saturated carbocycles. The average molecular weight is 406 g/mol. The van der Waals surface area contributed by atoms with Crippen LogP contribution in [0.5, 0.6) is 5.75 Å². The second-order valence-corrected chi connectivity index (χ2v) is 7.25. The van der Waals surface area contributed by atoms with E-state index >= 15 is 0 Å². The van der Waals surface area contributed by atoms with Crippen LogP contribution < -0.4 is 15.0 Å². The van der Waals surface area contributed by atoms with Crippen molar-refractivity contribution >= 4 is 17.4 Å². The number of amides is 1. The van der Waals surface area contributed by atoms with Gasteiger partial charge < -0.3 is 15.0 Å². The van der Waals surface area contributed by atoms with Crippen molar-refractivity contribution in [3.63, 3.8) is 0 Å². The predicted octanol–water partition coefficient (Wildman–Crippen LogP) is 4.29. The lowest BCUT2D eigenvalue weighted by Gasteiger charge is -2.15. The van der Waals surface area contributed by atoms with Gasteiger partial charge in [0.15, 0.2) is 11.9 Å². The molecule has 1 unspecified atom stereocenters. The molecule has 1 saturated heterocycles. The third kappa shape index (κ3) is 4.74. The number of nitrogens with one attached hydrogen (secondary N) is 1. The van der Waals surface area contributed by atoms with E-state index in [-0.39, 0.29) is 11.7 Å². The summed E-state index contributed by atoms with van der Waals surface area (Å²) >= 11 is 0. The Hall–Kier alpha value is -3.48. The van der Waals surface area contributed by atoms with Crippen molar-refractivity contribution in [3.8, 4) is 17.0 Å². The van der Waals surface area contributed by atoms with Crippen LogP contribution in [0.1, 0.15) is 19.8 Å². The van der Waals surface area contributed by atoms with Crippen molar-refractivity contribution in [2.45, 2.75) is 25.9 Å². The Morgan fingerprint density at radius 3 is 2.33 bits per heavy atom. The van der Waals surface area contributed by atoms with Gasteiger partial charge in [-0.1, -0.05) is 12.1 Å². The Kier molecular flexibility index (Phi) is 5.88. The molecule has 1 amide bonds. The Morgan fingerprint density at radius 1 is 1.00 bits per heavy atom. The lowest BCUT2D eigenvalue weighted by molar-refractivity contribution is -0.122. The van der Waals surface area contributed by atoms with Crippen molar-refractivity contribution in [1.82, 2.24) is 10.2 Å². The average Bonchev–Trinajstić information content (AvgIpc) is 3.31. The maximum Gasteiger partial charge on any atom is 0.265 e. The minimum atomic E-state index is -0.723. The summed E-state index contributed by atoms with van der Waals surface area (Å²) in [7, 11) is 0. The van der Waals surface area contributed by atoms with Crippen LogP contribution in [0.3, 0.4) is 0 Å². The van der Waals surface area contributed by atoms with E-state index in [0.29, 0.717) is 11.4 Å². The second kappa shape index (κ2) is 8.90. The van der Waals surface area contributed by atoms with E-state index < -0.39 is 6.10 Å². The zero-order chi connectivity index (χ0) is 20.9. The highest BCUT2D eigenvalue weighted by Crippen LogP contribution is 2.22. The first-order valence-electron chi connectivity index (χ1n) is 10.0. The van der Waals surface area contributed by atoms with Gasteiger partial charge in [-0.3, -0.25) is 4.79 Å². The SMILES string of the molecule is CC(Oc1ccc(F)cc1)C(=O)Nc1ccc(-c2ccc(N3CCCC3)nn2)cc1. The van der Waals surface area contributed by atoms with Crippen LogP contribution in [0, 0.1) is 5.82 Å². The van der Waals surface area contributed by atoms with Gasteiger partial charge in [-0.15, -0.1) is 10.2 Å². The molecule has 3 aromatic rings. The highest BCUT2D eigenvalue weighted by molar-refractivity contribution is 5.94. The molecule has 7 heteroatoms. The molecule has 1 aliphatic heterocycles. The normalized spacial score (nSPS) is 14.4. The maximum atomic E-state index is 13.0. The first kappa shape index (κ1) is 19.8. The number of carbonyl (C=O) groups excluding carboxylic acids is 1. The molecular formula is C23H23FN4O2. The molecule has 1 aliphatic rings. The summed E-state index contributed by atoms with van der Waals surface area (Å²) in [5.41, 5.74) is 2.35. The Labute approximate surface area is 174 Å². The molecule has 2 aromatic carbocycles. The highest BCUT2D eigenvalue weighted by Gasteiger charge is 2.16. The molecule has 0 bridgehead atoms. The lowest BCUT2D eigenvalue weighted by atomic mass is 10.1. The Bertz CT molecular complexity index is 985. The van der Waals surface area contributed by atoms with Gasteiger partial charge in [0, 0.05) is 24.3 Å². The van der Waals surface area contributed by atoms with Crippen LogP contribution in [0.4, 0.5) is 15.9 Å². The van der Waals surface area contributed by atoms with Crippen molar-refractivity contribution in [3.05, 3.63) is 66.5 Å². The molecule has 0 radical (unpaired) electrons. The third-order valence-corrected chi connectivity index (χ3v) is 5.02. The van der Waals surface area contributed by atoms with Crippen LogP contribution in [0.25, 0.3) is 11.3 Å². The van der Waals surface area contributed by atoms with Gasteiger partial charge in [0.25, 0.3) is 5.91 Å². The summed E-state index contributed by atoms with van der Waals surface area (Å²) < 4.78 is 18.5. The quantitative estimate of drug-likeness (QED) is 0.662. The lowest BCUT2D eigenvalue weighted by Crippen LogP contribution is -2.30. The largest absolute Gasteiger partial charge is 0.481 e. The van der Waals surface area contributed by atoms with E-state index in [1.807, 2.05) is 36.4 Å². The molecular weight excluding hydrogens is 383 g/mol. The fourth-order valence-electron chi connectivity index (χ4n) is 3.33. The summed E-state index contributed by atoms with van der Waals surface area (Å²) in [6, 6.07) is 16.9. The van der Waals surface area contributed by atoms with Gasteiger partial charge in [-0.2, -0.15) is 0 Å². The molecule has 1 aromatic heterocycles. The summed E-state index contributed by atoms with van der Waals surface area (Å²) in [4.78, 5) is 14.6. The molecule has 6 nitrogen and oxygen atoms in total. The van der Waals surface area contributed by atoms with E-state index in [1.165, 1.54) is 37.1 Å². The number of hydrogen-bond donors (Lipinski definition) is 1. The molecule has 0 spiro atoms. The predicted molar refractivity (Wildman–Crippen MR) is 114 cm³/mol. The Balaban J connectivity index is 1.35. The van der Waals surface area contributed by atoms with E-state index in [4.69, 9.17) is 4.74 Å². The standard InChI is InChI=1S/C23H23FN4O2/c1-16(30-20-10-6-18(24)7-11-20)23(29)25-19-8-4-17(5-9-19)21-12-13-22(27-26-21)28-14-2-3-15-28/h4-13,16H,2-3,14-15H2,1H3,(H,25,29). The van der Waals surface area contributed by atoms with Crippen molar-refractivity contribution < 1.29 is 13.9 Å². The molecule has 1 atom stereocenters. The van der Waals surface area contributed by atoms with Crippen molar-refractivity contribution in [1.29, 1.82) is 0 Å². The summed E-state index contributed by atoms with van der Waals surface area (Å²) in [5, 5.41) is 11.5. The zero-order valence-corrected chi connectivity index (χ0v) is 16.7. The van der Waals surface area contributed by atoms with Crippen molar-refractivity contribution in [2.75, 3.05) is 23.3 Å². The first-order valence-corrected chi connectivity index (χ1v) is 10.0. The van der Waals surface area contributed by atoms with E-state index in [9.17, 15) is 9.18 Å². The van der Waals surface area contributed by atoms with Gasteiger partial charge in [-0.25, -0.2) is 4.39 Å². The highest BCUT2D eigenvalue weighted by atomic mass is 19.1. The van der Waals surface area contributed by atoms with E-state index in [0.717, 1.165) is 30.2 Å². The van der Waals surface area contributed by atoms with Crippen LogP contribution >= 0.6 is 0 Å². The Morgan fingerprint density at radius 2 is 1.70 bits per heavy atom. The fraction of sp³-hybridized carbons (Fsp3) is 0.261. The summed E-state index contributed by atoms with van der Waals surface area (Å²) in [5.74, 6) is 0.706. The second-order valence-electron chi connectivity index (χ2n) is 7.25. The minimum absolute atomic E-state index is 0.290. The number of rotatable bonds is 6. The zero-order valence-electron chi connectivity index (χ0n) is 16.7. The van der Waals surface area contributed by atoms with Crippen LogP contribution in [-0.2, 0) is 4.79 Å². The summed E-state index contributed by atoms with van der Waals surface area (Å²) in [6.07, 6.45) is 1.67. The van der Waals surface area contributed by atoms with Gasteiger partial charge in [0.05, 0.1) is 5.69 Å². The number of ether oxygens (including phenoxy) is 1. The van der Waals surface area contributed by atoms with Crippen LogP contribution in [0.15, 0.2) is 60.7 Å². The third-order valence-electron chi connectivity index (χ3n) is 5.02. The van der Waals surface area contributed by atoms with Crippen molar-refractivity contribution in [2.24, 2.45) is 0 Å². The molecule has 154 valence electrons. The number of halogens is 1.